The van der Waals surface area contributed by atoms with Crippen LogP contribution < -0.4 is 15.4 Å². The predicted molar refractivity (Wildman–Crippen MR) is 92.7 cm³/mol. The van der Waals surface area contributed by atoms with E-state index < -0.39 is 6.09 Å². The monoisotopic (exact) mass is 330 g/mol. The van der Waals surface area contributed by atoms with E-state index in [1.807, 2.05) is 38.2 Å². The Hall–Kier alpha value is -2.40. The van der Waals surface area contributed by atoms with Gasteiger partial charge < -0.3 is 15.4 Å². The molecule has 0 fully saturated rings. The largest absolute Gasteiger partial charge is 0.412 e. The molecule has 2 rings (SSSR count). The van der Waals surface area contributed by atoms with Gasteiger partial charge in [0.15, 0.2) is 0 Å². The van der Waals surface area contributed by atoms with E-state index in [1.165, 1.54) is 12.1 Å². The molecule has 1 unspecified atom stereocenters. The first kappa shape index (κ1) is 17.9. The van der Waals surface area contributed by atoms with E-state index in [1.54, 1.807) is 12.1 Å². The standard InChI is InChI=1S/C19H23FN2O2/c1-3-22-19(23)24-17-11-7-15(8-12-17)18(21-2)13-6-14-4-9-16(20)10-5-14/h4-5,7-12,18,21H,3,6,13H2,1-2H3,(H,22,23). The molecule has 1 amide bonds. The zero-order chi connectivity index (χ0) is 17.4. The van der Waals surface area contributed by atoms with Crippen LogP contribution in [-0.2, 0) is 6.42 Å². The van der Waals surface area contributed by atoms with Crippen LogP contribution >= 0.6 is 0 Å². The Balaban J connectivity index is 1.94. The van der Waals surface area contributed by atoms with E-state index in [9.17, 15) is 9.18 Å². The van der Waals surface area contributed by atoms with Gasteiger partial charge in [-0.1, -0.05) is 24.3 Å². The van der Waals surface area contributed by atoms with Crippen molar-refractivity contribution < 1.29 is 13.9 Å². The van der Waals surface area contributed by atoms with Gasteiger partial charge in [0, 0.05) is 12.6 Å². The molecular formula is C19H23FN2O2. The molecule has 24 heavy (non-hydrogen) atoms. The lowest BCUT2D eigenvalue weighted by molar-refractivity contribution is 0.201. The van der Waals surface area contributed by atoms with Crippen molar-refractivity contribution in [1.29, 1.82) is 0 Å². The molecule has 0 aliphatic carbocycles. The van der Waals surface area contributed by atoms with Crippen molar-refractivity contribution in [2.24, 2.45) is 0 Å². The van der Waals surface area contributed by atoms with Crippen molar-refractivity contribution in [3.63, 3.8) is 0 Å². The molecule has 0 bridgehead atoms. The Bertz CT molecular complexity index is 641. The van der Waals surface area contributed by atoms with Gasteiger partial charge in [0.2, 0.25) is 0 Å². The van der Waals surface area contributed by atoms with Crippen LogP contribution in [0.2, 0.25) is 0 Å². The summed E-state index contributed by atoms with van der Waals surface area (Å²) in [5.74, 6) is 0.296. The van der Waals surface area contributed by atoms with Crippen molar-refractivity contribution in [3.8, 4) is 5.75 Å². The minimum atomic E-state index is -0.452. The minimum Gasteiger partial charge on any atom is -0.410 e. The molecule has 0 spiro atoms. The quantitative estimate of drug-likeness (QED) is 0.811. The lowest BCUT2D eigenvalue weighted by Crippen LogP contribution is -2.26. The van der Waals surface area contributed by atoms with Crippen molar-refractivity contribution in [2.75, 3.05) is 13.6 Å². The van der Waals surface area contributed by atoms with E-state index in [4.69, 9.17) is 4.74 Å². The van der Waals surface area contributed by atoms with Gasteiger partial charge >= 0.3 is 6.09 Å². The second kappa shape index (κ2) is 9.03. The smallest absolute Gasteiger partial charge is 0.410 e. The van der Waals surface area contributed by atoms with Crippen LogP contribution in [0.4, 0.5) is 9.18 Å². The fourth-order valence-corrected chi connectivity index (χ4v) is 2.50. The zero-order valence-corrected chi connectivity index (χ0v) is 14.0. The summed E-state index contributed by atoms with van der Waals surface area (Å²) in [6, 6.07) is 14.2. The molecule has 0 saturated heterocycles. The Kier molecular flexibility index (Phi) is 6.75. The number of aryl methyl sites for hydroxylation is 1. The molecular weight excluding hydrogens is 307 g/mol. The molecule has 2 aromatic carbocycles. The number of hydrogen-bond donors (Lipinski definition) is 2. The second-order valence-corrected chi connectivity index (χ2v) is 5.50. The zero-order valence-electron chi connectivity index (χ0n) is 14.0. The number of carbonyl (C=O) groups is 1. The van der Waals surface area contributed by atoms with Crippen LogP contribution in [0.5, 0.6) is 5.75 Å². The molecule has 0 aliphatic rings. The SMILES string of the molecule is CCNC(=O)Oc1ccc(C(CCc2ccc(F)cc2)NC)cc1. The second-order valence-electron chi connectivity index (χ2n) is 5.50. The molecule has 0 heterocycles. The maximum Gasteiger partial charge on any atom is 0.412 e. The van der Waals surface area contributed by atoms with Gasteiger partial charge in [-0.15, -0.1) is 0 Å². The van der Waals surface area contributed by atoms with Crippen molar-refractivity contribution in [3.05, 3.63) is 65.5 Å². The van der Waals surface area contributed by atoms with E-state index >= 15 is 0 Å². The Morgan fingerprint density at radius 2 is 1.79 bits per heavy atom. The lowest BCUT2D eigenvalue weighted by Gasteiger charge is -2.17. The fraction of sp³-hybridized carbons (Fsp3) is 0.316. The first-order chi connectivity index (χ1) is 11.6. The molecule has 4 nitrogen and oxygen atoms in total. The van der Waals surface area contributed by atoms with Crippen LogP contribution in [0, 0.1) is 5.82 Å². The Labute approximate surface area is 142 Å². The Morgan fingerprint density at radius 1 is 1.12 bits per heavy atom. The van der Waals surface area contributed by atoms with Gasteiger partial charge in [0.05, 0.1) is 0 Å². The highest BCUT2D eigenvalue weighted by molar-refractivity contribution is 5.70. The Morgan fingerprint density at radius 3 is 2.38 bits per heavy atom. The average Bonchev–Trinajstić information content (AvgIpc) is 2.58. The molecule has 0 saturated carbocycles. The maximum atomic E-state index is 12.9. The first-order valence-electron chi connectivity index (χ1n) is 8.09. The van der Waals surface area contributed by atoms with E-state index in [-0.39, 0.29) is 11.9 Å². The summed E-state index contributed by atoms with van der Waals surface area (Å²) in [6.07, 6.45) is 1.29. The number of amides is 1. The van der Waals surface area contributed by atoms with Crippen LogP contribution in [0.1, 0.15) is 30.5 Å². The molecule has 0 aromatic heterocycles. The lowest BCUT2D eigenvalue weighted by atomic mass is 9.99. The third kappa shape index (κ3) is 5.35. The van der Waals surface area contributed by atoms with Gasteiger partial charge in [-0.2, -0.15) is 0 Å². The molecule has 5 heteroatoms. The summed E-state index contributed by atoms with van der Waals surface area (Å²) < 4.78 is 18.1. The molecule has 128 valence electrons. The van der Waals surface area contributed by atoms with E-state index in [0.29, 0.717) is 12.3 Å². The number of hydrogen-bond acceptors (Lipinski definition) is 3. The highest BCUT2D eigenvalue weighted by atomic mass is 19.1. The number of ether oxygens (including phenoxy) is 1. The number of nitrogens with one attached hydrogen (secondary N) is 2. The summed E-state index contributed by atoms with van der Waals surface area (Å²) in [6.45, 7) is 2.37. The molecule has 2 aromatic rings. The number of benzene rings is 2. The number of rotatable bonds is 7. The topological polar surface area (TPSA) is 50.4 Å². The molecule has 1 atom stereocenters. The van der Waals surface area contributed by atoms with Gasteiger partial charge in [-0.25, -0.2) is 9.18 Å². The van der Waals surface area contributed by atoms with Crippen LogP contribution in [0.3, 0.4) is 0 Å². The van der Waals surface area contributed by atoms with Gasteiger partial charge in [0.25, 0.3) is 0 Å². The minimum absolute atomic E-state index is 0.175. The highest BCUT2D eigenvalue weighted by Crippen LogP contribution is 2.22. The molecule has 0 radical (unpaired) electrons. The maximum absolute atomic E-state index is 12.9. The summed E-state index contributed by atoms with van der Waals surface area (Å²) in [4.78, 5) is 11.4. The first-order valence-corrected chi connectivity index (χ1v) is 8.09. The third-order valence-corrected chi connectivity index (χ3v) is 3.80. The number of halogens is 1. The molecule has 0 aliphatic heterocycles. The van der Waals surface area contributed by atoms with Gasteiger partial charge in [0.1, 0.15) is 11.6 Å². The van der Waals surface area contributed by atoms with E-state index in [2.05, 4.69) is 10.6 Å². The van der Waals surface area contributed by atoms with Crippen molar-refractivity contribution in [1.82, 2.24) is 10.6 Å². The molecule has 2 N–H and O–H groups in total. The summed E-state index contributed by atoms with van der Waals surface area (Å²) in [5.41, 5.74) is 2.22. The average molecular weight is 330 g/mol. The van der Waals surface area contributed by atoms with Crippen molar-refractivity contribution in [2.45, 2.75) is 25.8 Å². The highest BCUT2D eigenvalue weighted by Gasteiger charge is 2.10. The summed E-state index contributed by atoms with van der Waals surface area (Å²) in [5, 5.41) is 5.87. The van der Waals surface area contributed by atoms with Crippen molar-refractivity contribution >= 4 is 6.09 Å². The van der Waals surface area contributed by atoms with Crippen LogP contribution in [0.15, 0.2) is 48.5 Å². The number of carbonyl (C=O) groups excluding carboxylic acids is 1. The van der Waals surface area contributed by atoms with Gasteiger partial charge in [-0.3, -0.25) is 0 Å². The predicted octanol–water partition coefficient (Wildman–Crippen LogP) is 3.83. The third-order valence-electron chi connectivity index (χ3n) is 3.80. The summed E-state index contributed by atoms with van der Waals surface area (Å²) >= 11 is 0. The van der Waals surface area contributed by atoms with Crippen LogP contribution in [0.25, 0.3) is 0 Å². The van der Waals surface area contributed by atoms with Gasteiger partial charge in [-0.05, 0) is 62.2 Å². The normalized spacial score (nSPS) is 11.8. The summed E-state index contributed by atoms with van der Waals surface area (Å²) in [7, 11) is 1.91. The fourth-order valence-electron chi connectivity index (χ4n) is 2.50. The van der Waals surface area contributed by atoms with E-state index in [0.717, 1.165) is 24.0 Å². The van der Waals surface area contributed by atoms with Crippen LogP contribution in [-0.4, -0.2) is 19.7 Å².